The Hall–Kier alpha value is -1.59. The number of ether oxygens (including phenoxy) is 2. The molecule has 1 aromatic carbocycles. The normalized spacial score (nSPS) is 28.2. The molecule has 3 aliphatic rings. The van der Waals surface area contributed by atoms with Crippen molar-refractivity contribution >= 4 is 5.91 Å². The molecule has 2 unspecified atom stereocenters. The van der Waals surface area contributed by atoms with Crippen LogP contribution in [0.4, 0.5) is 0 Å². The van der Waals surface area contributed by atoms with E-state index in [9.17, 15) is 4.79 Å². The highest BCUT2D eigenvalue weighted by molar-refractivity contribution is 5.86. The molecular formula is C22H32N2O3. The van der Waals surface area contributed by atoms with Crippen molar-refractivity contribution in [2.75, 3.05) is 19.8 Å². The largest absolute Gasteiger partial charge is 0.470 e. The van der Waals surface area contributed by atoms with Crippen LogP contribution in [0.15, 0.2) is 18.2 Å². The van der Waals surface area contributed by atoms with Crippen molar-refractivity contribution in [3.63, 3.8) is 0 Å². The summed E-state index contributed by atoms with van der Waals surface area (Å²) in [5.74, 6) is 1.50. The number of amides is 1. The maximum Gasteiger partial charge on any atom is 0.232 e. The van der Waals surface area contributed by atoms with Crippen molar-refractivity contribution in [1.82, 2.24) is 10.2 Å². The average Bonchev–Trinajstić information content (AvgIpc) is 2.93. The zero-order valence-corrected chi connectivity index (χ0v) is 16.8. The molecule has 1 amide bonds. The molecule has 0 radical (unpaired) electrons. The van der Waals surface area contributed by atoms with E-state index in [0.717, 1.165) is 56.8 Å². The average molecular weight is 373 g/mol. The van der Waals surface area contributed by atoms with Gasteiger partial charge in [-0.3, -0.25) is 4.79 Å². The fourth-order valence-corrected chi connectivity index (χ4v) is 4.86. The Morgan fingerprint density at radius 3 is 2.81 bits per heavy atom. The Bertz CT molecular complexity index is 699. The van der Waals surface area contributed by atoms with E-state index >= 15 is 0 Å². The Balaban J connectivity index is 1.47. The number of hydrogen-bond acceptors (Lipinski definition) is 4. The first-order valence-electron chi connectivity index (χ1n) is 10.4. The molecule has 5 nitrogen and oxygen atoms in total. The number of carbonyl (C=O) groups is 1. The van der Waals surface area contributed by atoms with E-state index in [1.54, 1.807) is 0 Å². The number of aryl methyl sites for hydroxylation is 1. The Labute approximate surface area is 162 Å². The standard InChI is InChI=1S/C22H32N2O3/c1-15(2)22(8-9-23-18-6-10-26-11-7-18)13-20-24(21(22)25)14-17-12-16(3)4-5-19(17)27-20/h4-5,12,15,18,20,23H,6-11,13-14H2,1-3H3. The number of carbonyl (C=O) groups excluding carboxylic acids is 1. The lowest BCUT2D eigenvalue weighted by atomic mass is 9.73. The van der Waals surface area contributed by atoms with Gasteiger partial charge in [0.25, 0.3) is 0 Å². The highest BCUT2D eigenvalue weighted by Crippen LogP contribution is 2.48. The van der Waals surface area contributed by atoms with E-state index in [1.807, 2.05) is 4.90 Å². The van der Waals surface area contributed by atoms with Crippen LogP contribution in [0, 0.1) is 18.3 Å². The summed E-state index contributed by atoms with van der Waals surface area (Å²) in [6.07, 6.45) is 3.65. The number of nitrogens with zero attached hydrogens (tertiary/aromatic N) is 1. The van der Waals surface area contributed by atoms with Crippen molar-refractivity contribution in [2.24, 2.45) is 11.3 Å². The molecule has 2 fully saturated rings. The van der Waals surface area contributed by atoms with Crippen molar-refractivity contribution in [3.8, 4) is 5.75 Å². The number of benzene rings is 1. The van der Waals surface area contributed by atoms with Gasteiger partial charge in [0.15, 0.2) is 6.23 Å². The maximum atomic E-state index is 13.5. The predicted molar refractivity (Wildman–Crippen MR) is 104 cm³/mol. The number of rotatable bonds is 5. The smallest absolute Gasteiger partial charge is 0.232 e. The van der Waals surface area contributed by atoms with Gasteiger partial charge in [0.05, 0.1) is 12.0 Å². The first-order chi connectivity index (χ1) is 13.0. The molecule has 148 valence electrons. The molecule has 3 heterocycles. The number of nitrogens with one attached hydrogen (secondary N) is 1. The van der Waals surface area contributed by atoms with Crippen molar-refractivity contribution in [1.29, 1.82) is 0 Å². The first kappa shape index (κ1) is 18.8. The van der Waals surface area contributed by atoms with Crippen LogP contribution < -0.4 is 10.1 Å². The zero-order valence-electron chi connectivity index (χ0n) is 16.8. The molecule has 3 aliphatic heterocycles. The molecular weight excluding hydrogens is 340 g/mol. The van der Waals surface area contributed by atoms with E-state index in [4.69, 9.17) is 9.47 Å². The predicted octanol–water partition coefficient (Wildman–Crippen LogP) is 3.25. The summed E-state index contributed by atoms with van der Waals surface area (Å²) in [6.45, 7) is 9.67. The summed E-state index contributed by atoms with van der Waals surface area (Å²) < 4.78 is 11.7. The van der Waals surface area contributed by atoms with Crippen LogP contribution in [0.5, 0.6) is 5.75 Å². The van der Waals surface area contributed by atoms with E-state index in [0.29, 0.717) is 18.5 Å². The molecule has 1 N–H and O–H groups in total. The van der Waals surface area contributed by atoms with Crippen LogP contribution in [0.1, 0.15) is 50.7 Å². The molecule has 0 aliphatic carbocycles. The fourth-order valence-electron chi connectivity index (χ4n) is 4.86. The highest BCUT2D eigenvalue weighted by Gasteiger charge is 2.55. The van der Waals surface area contributed by atoms with Crippen molar-refractivity contribution < 1.29 is 14.3 Å². The Morgan fingerprint density at radius 2 is 2.07 bits per heavy atom. The quantitative estimate of drug-likeness (QED) is 0.862. The van der Waals surface area contributed by atoms with Crippen LogP contribution in [-0.2, 0) is 16.1 Å². The molecule has 5 heteroatoms. The molecule has 0 saturated carbocycles. The first-order valence-corrected chi connectivity index (χ1v) is 10.4. The molecule has 1 aromatic rings. The van der Waals surface area contributed by atoms with Crippen LogP contribution in [0.25, 0.3) is 0 Å². The van der Waals surface area contributed by atoms with Gasteiger partial charge in [-0.05, 0) is 44.7 Å². The summed E-state index contributed by atoms with van der Waals surface area (Å²) in [4.78, 5) is 15.4. The second-order valence-corrected chi connectivity index (χ2v) is 8.72. The van der Waals surface area contributed by atoms with Gasteiger partial charge >= 0.3 is 0 Å². The van der Waals surface area contributed by atoms with Crippen LogP contribution in [-0.4, -0.2) is 42.8 Å². The van der Waals surface area contributed by atoms with Crippen LogP contribution in [0.3, 0.4) is 0 Å². The minimum absolute atomic E-state index is 0.127. The van der Waals surface area contributed by atoms with Crippen LogP contribution in [0.2, 0.25) is 0 Å². The van der Waals surface area contributed by atoms with Gasteiger partial charge in [0.1, 0.15) is 5.75 Å². The molecule has 2 saturated heterocycles. The summed E-state index contributed by atoms with van der Waals surface area (Å²) >= 11 is 0. The number of fused-ring (bicyclic) bond motifs is 2. The van der Waals surface area contributed by atoms with Gasteiger partial charge in [-0.25, -0.2) is 0 Å². The van der Waals surface area contributed by atoms with Gasteiger partial charge < -0.3 is 19.7 Å². The monoisotopic (exact) mass is 372 g/mol. The fraction of sp³-hybridized carbons (Fsp3) is 0.682. The van der Waals surface area contributed by atoms with Gasteiger partial charge in [0.2, 0.25) is 5.91 Å². The Morgan fingerprint density at radius 1 is 1.30 bits per heavy atom. The molecule has 0 aromatic heterocycles. The topological polar surface area (TPSA) is 50.8 Å². The molecule has 2 atom stereocenters. The van der Waals surface area contributed by atoms with Crippen LogP contribution >= 0.6 is 0 Å². The second kappa shape index (κ2) is 7.44. The van der Waals surface area contributed by atoms with Crippen molar-refractivity contribution in [2.45, 2.75) is 65.3 Å². The van der Waals surface area contributed by atoms with Gasteiger partial charge in [-0.1, -0.05) is 31.5 Å². The summed E-state index contributed by atoms with van der Waals surface area (Å²) in [5.41, 5.74) is 2.00. The second-order valence-electron chi connectivity index (χ2n) is 8.72. The van der Waals surface area contributed by atoms with Gasteiger partial charge in [-0.2, -0.15) is 0 Å². The van der Waals surface area contributed by atoms with E-state index in [-0.39, 0.29) is 17.6 Å². The van der Waals surface area contributed by atoms with Gasteiger partial charge in [-0.15, -0.1) is 0 Å². The van der Waals surface area contributed by atoms with E-state index < -0.39 is 0 Å². The lowest BCUT2D eigenvalue weighted by molar-refractivity contribution is -0.142. The Kier molecular flexibility index (Phi) is 5.17. The third kappa shape index (κ3) is 3.47. The number of hydrogen-bond donors (Lipinski definition) is 1. The molecule has 27 heavy (non-hydrogen) atoms. The van der Waals surface area contributed by atoms with E-state index in [2.05, 4.69) is 44.3 Å². The van der Waals surface area contributed by atoms with Crippen molar-refractivity contribution in [3.05, 3.63) is 29.3 Å². The lowest BCUT2D eigenvalue weighted by Gasteiger charge is -2.33. The zero-order chi connectivity index (χ0) is 19.0. The third-order valence-corrected chi connectivity index (χ3v) is 6.72. The summed E-state index contributed by atoms with van der Waals surface area (Å²) in [7, 11) is 0. The minimum atomic E-state index is -0.333. The molecule has 4 rings (SSSR count). The van der Waals surface area contributed by atoms with E-state index in [1.165, 1.54) is 5.56 Å². The SMILES string of the molecule is Cc1ccc2c(c1)CN1C(=O)C(CCNC3CCOCC3)(C(C)C)CC1O2. The lowest BCUT2D eigenvalue weighted by Crippen LogP contribution is -2.44. The third-order valence-electron chi connectivity index (χ3n) is 6.72. The summed E-state index contributed by atoms with van der Waals surface area (Å²) in [6, 6.07) is 6.79. The van der Waals surface area contributed by atoms with Gasteiger partial charge in [0, 0.05) is 31.2 Å². The highest BCUT2D eigenvalue weighted by atomic mass is 16.5. The molecule has 0 bridgehead atoms. The minimum Gasteiger partial charge on any atom is -0.470 e. The molecule has 0 spiro atoms. The maximum absolute atomic E-state index is 13.5. The summed E-state index contributed by atoms with van der Waals surface area (Å²) in [5, 5.41) is 3.66.